The van der Waals surface area contributed by atoms with Gasteiger partial charge in [0.15, 0.2) is 0 Å². The van der Waals surface area contributed by atoms with Crippen LogP contribution in [-0.2, 0) is 5.41 Å². The highest BCUT2D eigenvalue weighted by Crippen LogP contribution is 2.40. The molecule has 0 radical (unpaired) electrons. The molecular weight excluding hydrogens is 256 g/mol. The van der Waals surface area contributed by atoms with Gasteiger partial charge < -0.3 is 11.5 Å². The van der Waals surface area contributed by atoms with E-state index in [0.717, 1.165) is 0 Å². The fourth-order valence-electron chi connectivity index (χ4n) is 3.10. The van der Waals surface area contributed by atoms with E-state index in [9.17, 15) is 0 Å². The van der Waals surface area contributed by atoms with Crippen LogP contribution in [0.2, 0.25) is 0 Å². The van der Waals surface area contributed by atoms with Gasteiger partial charge in [-0.15, -0.1) is 0 Å². The lowest BCUT2D eigenvalue weighted by atomic mass is 9.62. The molecule has 1 atom stereocenters. The molecule has 0 bridgehead atoms. The molecule has 112 valence electrons. The van der Waals surface area contributed by atoms with Crippen LogP contribution in [0.5, 0.6) is 0 Å². The van der Waals surface area contributed by atoms with Crippen LogP contribution in [0.15, 0.2) is 60.7 Å². The molecule has 0 spiro atoms. The second-order valence-electron chi connectivity index (χ2n) is 6.75. The summed E-state index contributed by atoms with van der Waals surface area (Å²) >= 11 is 0. The quantitative estimate of drug-likeness (QED) is 0.904. The molecule has 0 aliphatic rings. The fraction of sp³-hybridized carbons (Fsp3) is 0.368. The van der Waals surface area contributed by atoms with E-state index in [-0.39, 0.29) is 16.9 Å². The van der Waals surface area contributed by atoms with Gasteiger partial charge in [0.25, 0.3) is 0 Å². The summed E-state index contributed by atoms with van der Waals surface area (Å²) in [5, 5.41) is 0. The third-order valence-electron chi connectivity index (χ3n) is 4.36. The Labute approximate surface area is 128 Å². The fourth-order valence-corrected chi connectivity index (χ4v) is 3.10. The zero-order valence-corrected chi connectivity index (χ0v) is 13.2. The lowest BCUT2D eigenvalue weighted by molar-refractivity contribution is 0.232. The summed E-state index contributed by atoms with van der Waals surface area (Å²) < 4.78 is 0. The van der Waals surface area contributed by atoms with Crippen molar-refractivity contribution in [3.05, 3.63) is 71.8 Å². The van der Waals surface area contributed by atoms with E-state index in [2.05, 4.69) is 69.3 Å². The molecule has 0 saturated carbocycles. The number of benzene rings is 2. The molecule has 1 unspecified atom stereocenters. The van der Waals surface area contributed by atoms with E-state index in [0.29, 0.717) is 6.54 Å². The maximum Gasteiger partial charge on any atom is 0.0480 e. The Kier molecular flexibility index (Phi) is 4.50. The van der Waals surface area contributed by atoms with Crippen molar-refractivity contribution in [2.75, 3.05) is 6.54 Å². The summed E-state index contributed by atoms with van der Waals surface area (Å²) in [6.07, 6.45) is 0. The summed E-state index contributed by atoms with van der Waals surface area (Å²) in [5.74, 6) is 0. The maximum atomic E-state index is 6.72. The number of hydrogen-bond donors (Lipinski definition) is 2. The molecule has 0 aliphatic carbocycles. The zero-order valence-electron chi connectivity index (χ0n) is 13.2. The smallest absolute Gasteiger partial charge is 0.0480 e. The van der Waals surface area contributed by atoms with Crippen molar-refractivity contribution in [2.24, 2.45) is 16.9 Å². The minimum atomic E-state index is -0.374. The number of hydrogen-bond acceptors (Lipinski definition) is 2. The van der Waals surface area contributed by atoms with Crippen LogP contribution in [0, 0.1) is 5.41 Å². The van der Waals surface area contributed by atoms with Gasteiger partial charge in [-0.2, -0.15) is 0 Å². The standard InChI is InChI=1S/C19H26N2/c1-18(2,3)17(21)19(14-20,15-10-6-4-7-11-15)16-12-8-5-9-13-16/h4-13,17H,14,20-21H2,1-3H3. The Bertz CT molecular complexity index is 516. The predicted molar refractivity (Wildman–Crippen MR) is 90.1 cm³/mol. The second kappa shape index (κ2) is 6.00. The van der Waals surface area contributed by atoms with Crippen LogP contribution in [0.3, 0.4) is 0 Å². The highest BCUT2D eigenvalue weighted by atomic mass is 14.8. The Morgan fingerprint density at radius 3 is 1.48 bits per heavy atom. The molecule has 2 aromatic rings. The van der Waals surface area contributed by atoms with Crippen LogP contribution < -0.4 is 11.5 Å². The molecule has 2 aromatic carbocycles. The van der Waals surface area contributed by atoms with Crippen molar-refractivity contribution in [1.82, 2.24) is 0 Å². The van der Waals surface area contributed by atoms with Gasteiger partial charge >= 0.3 is 0 Å². The molecule has 21 heavy (non-hydrogen) atoms. The van der Waals surface area contributed by atoms with Crippen LogP contribution in [0.4, 0.5) is 0 Å². The Morgan fingerprint density at radius 2 is 1.19 bits per heavy atom. The molecule has 2 nitrogen and oxygen atoms in total. The van der Waals surface area contributed by atoms with Crippen LogP contribution in [0.1, 0.15) is 31.9 Å². The summed E-state index contributed by atoms with van der Waals surface area (Å²) in [6, 6.07) is 20.7. The molecule has 0 aliphatic heterocycles. The topological polar surface area (TPSA) is 52.0 Å². The third kappa shape index (κ3) is 2.87. The van der Waals surface area contributed by atoms with Crippen LogP contribution >= 0.6 is 0 Å². The van der Waals surface area contributed by atoms with E-state index in [1.165, 1.54) is 11.1 Å². The lowest BCUT2D eigenvalue weighted by Gasteiger charge is -2.45. The van der Waals surface area contributed by atoms with Crippen molar-refractivity contribution in [1.29, 1.82) is 0 Å². The summed E-state index contributed by atoms with van der Waals surface area (Å²) in [5.41, 5.74) is 15.0. The number of rotatable bonds is 4. The Balaban J connectivity index is 2.69. The molecule has 4 N–H and O–H groups in total. The Morgan fingerprint density at radius 1 is 0.810 bits per heavy atom. The minimum Gasteiger partial charge on any atom is -0.329 e. The molecule has 2 rings (SSSR count). The molecule has 0 heterocycles. The maximum absolute atomic E-state index is 6.72. The van der Waals surface area contributed by atoms with Crippen LogP contribution in [0.25, 0.3) is 0 Å². The lowest BCUT2D eigenvalue weighted by Crippen LogP contribution is -2.57. The molecule has 2 heteroatoms. The van der Waals surface area contributed by atoms with Crippen molar-refractivity contribution < 1.29 is 0 Å². The van der Waals surface area contributed by atoms with Gasteiger partial charge in [0.05, 0.1) is 0 Å². The van der Waals surface area contributed by atoms with Gasteiger partial charge in [0, 0.05) is 18.0 Å². The first kappa shape index (κ1) is 15.7. The van der Waals surface area contributed by atoms with Crippen LogP contribution in [-0.4, -0.2) is 12.6 Å². The van der Waals surface area contributed by atoms with Crippen molar-refractivity contribution in [2.45, 2.75) is 32.2 Å². The van der Waals surface area contributed by atoms with Gasteiger partial charge in [-0.1, -0.05) is 81.4 Å². The molecule has 0 amide bonds. The van der Waals surface area contributed by atoms with E-state index in [1.807, 2.05) is 12.1 Å². The highest BCUT2D eigenvalue weighted by molar-refractivity contribution is 5.42. The van der Waals surface area contributed by atoms with Crippen molar-refractivity contribution in [3.63, 3.8) is 0 Å². The SMILES string of the molecule is CC(C)(C)C(N)C(CN)(c1ccccc1)c1ccccc1. The van der Waals surface area contributed by atoms with Crippen molar-refractivity contribution in [3.8, 4) is 0 Å². The first-order chi connectivity index (χ1) is 9.93. The summed E-state index contributed by atoms with van der Waals surface area (Å²) in [6.45, 7) is 7.01. The average molecular weight is 282 g/mol. The van der Waals surface area contributed by atoms with E-state index >= 15 is 0 Å². The summed E-state index contributed by atoms with van der Waals surface area (Å²) in [7, 11) is 0. The largest absolute Gasteiger partial charge is 0.329 e. The van der Waals surface area contributed by atoms with Gasteiger partial charge in [-0.3, -0.25) is 0 Å². The summed E-state index contributed by atoms with van der Waals surface area (Å²) in [4.78, 5) is 0. The third-order valence-corrected chi connectivity index (χ3v) is 4.36. The minimum absolute atomic E-state index is 0.0505. The molecule has 0 fully saturated rings. The first-order valence-corrected chi connectivity index (χ1v) is 7.49. The molecule has 0 aromatic heterocycles. The monoisotopic (exact) mass is 282 g/mol. The average Bonchev–Trinajstić information content (AvgIpc) is 2.50. The predicted octanol–water partition coefficient (Wildman–Crippen LogP) is 3.30. The van der Waals surface area contributed by atoms with Gasteiger partial charge in [0.1, 0.15) is 0 Å². The molecular formula is C19H26N2. The van der Waals surface area contributed by atoms with Gasteiger partial charge in [-0.05, 0) is 16.5 Å². The second-order valence-corrected chi connectivity index (χ2v) is 6.75. The van der Waals surface area contributed by atoms with Gasteiger partial charge in [0.2, 0.25) is 0 Å². The molecule has 0 saturated heterocycles. The van der Waals surface area contributed by atoms with E-state index in [1.54, 1.807) is 0 Å². The zero-order chi connectivity index (χ0) is 15.5. The van der Waals surface area contributed by atoms with E-state index in [4.69, 9.17) is 11.5 Å². The van der Waals surface area contributed by atoms with Gasteiger partial charge in [-0.25, -0.2) is 0 Å². The first-order valence-electron chi connectivity index (χ1n) is 7.49. The normalized spacial score (nSPS) is 14.0. The highest BCUT2D eigenvalue weighted by Gasteiger charge is 2.44. The van der Waals surface area contributed by atoms with Crippen molar-refractivity contribution >= 4 is 0 Å². The Hall–Kier alpha value is -1.64. The number of nitrogens with two attached hydrogens (primary N) is 2. The van der Waals surface area contributed by atoms with E-state index < -0.39 is 0 Å².